The van der Waals surface area contributed by atoms with E-state index in [-0.39, 0.29) is 11.3 Å². The maximum atomic E-state index is 12.6. The number of pyridine rings is 1. The smallest absolute Gasteiger partial charge is 0.274 e. The molecule has 2 N–H and O–H groups in total. The molecule has 2 fully saturated rings. The molecular weight excluding hydrogens is 412 g/mol. The molecule has 1 aromatic carbocycles. The van der Waals surface area contributed by atoms with Crippen LogP contribution in [0.3, 0.4) is 0 Å². The fraction of sp³-hybridized carbons (Fsp3) is 0.435. The standard InChI is InChI=1S/C23H28N4O3S/c1-3-31(29,30)25-16-4-5-20(27-12-9-23(7-8-23)10-13-27)18(14-16)19-15-26(2)22(28)21-17(19)6-11-24-21/h4-6,11,14-15,24-25H,3,7-10,12-13H2,1-2H3. The summed E-state index contributed by atoms with van der Waals surface area (Å²) in [6, 6.07) is 7.66. The number of nitrogens with zero attached hydrogens (tertiary/aromatic N) is 2. The molecule has 0 radical (unpaired) electrons. The Labute approximate surface area is 182 Å². The number of H-pyrrole nitrogens is 1. The first-order valence-electron chi connectivity index (χ1n) is 10.9. The summed E-state index contributed by atoms with van der Waals surface area (Å²) in [6.07, 6.45) is 8.71. The highest BCUT2D eigenvalue weighted by Gasteiger charge is 2.44. The average molecular weight is 441 g/mol. The minimum absolute atomic E-state index is 0.0141. The summed E-state index contributed by atoms with van der Waals surface area (Å²) in [7, 11) is -1.64. The molecule has 2 aromatic heterocycles. The molecule has 0 atom stereocenters. The molecule has 3 aromatic rings. The second kappa shape index (κ2) is 7.15. The van der Waals surface area contributed by atoms with Gasteiger partial charge in [0.15, 0.2) is 0 Å². The van der Waals surface area contributed by atoms with E-state index in [1.807, 2.05) is 30.5 Å². The zero-order valence-corrected chi connectivity index (χ0v) is 18.8. The van der Waals surface area contributed by atoms with E-state index < -0.39 is 10.0 Å². The highest BCUT2D eigenvalue weighted by Crippen LogP contribution is 2.54. The molecule has 0 bridgehead atoms. The van der Waals surface area contributed by atoms with E-state index >= 15 is 0 Å². The van der Waals surface area contributed by atoms with Crippen molar-refractivity contribution in [1.29, 1.82) is 0 Å². The molecule has 8 heteroatoms. The zero-order chi connectivity index (χ0) is 21.8. The van der Waals surface area contributed by atoms with Gasteiger partial charge in [0, 0.05) is 60.4 Å². The monoisotopic (exact) mass is 440 g/mol. The fourth-order valence-electron chi connectivity index (χ4n) is 4.73. The quantitative estimate of drug-likeness (QED) is 0.634. The lowest BCUT2D eigenvalue weighted by molar-refractivity contribution is 0.384. The molecule has 2 aliphatic rings. The van der Waals surface area contributed by atoms with Crippen molar-refractivity contribution in [3.63, 3.8) is 0 Å². The number of hydrogen-bond donors (Lipinski definition) is 2. The number of aromatic amines is 1. The Morgan fingerprint density at radius 2 is 1.84 bits per heavy atom. The number of benzene rings is 1. The largest absolute Gasteiger partial charge is 0.371 e. The topological polar surface area (TPSA) is 87.2 Å². The van der Waals surface area contributed by atoms with Gasteiger partial charge in [0.05, 0.1) is 5.75 Å². The van der Waals surface area contributed by atoms with E-state index in [1.54, 1.807) is 24.7 Å². The van der Waals surface area contributed by atoms with Crippen LogP contribution in [0.15, 0.2) is 41.5 Å². The second-order valence-corrected chi connectivity index (χ2v) is 11.0. The SMILES string of the molecule is CCS(=O)(=O)Nc1ccc(N2CCC3(CC2)CC3)c(-c2cn(C)c(=O)c3[nH]ccc23)c1. The van der Waals surface area contributed by atoms with Crippen molar-refractivity contribution in [3.8, 4) is 11.1 Å². The van der Waals surface area contributed by atoms with Gasteiger partial charge in [-0.25, -0.2) is 8.42 Å². The van der Waals surface area contributed by atoms with Crippen LogP contribution in [0.2, 0.25) is 0 Å². The Morgan fingerprint density at radius 1 is 1.10 bits per heavy atom. The lowest BCUT2D eigenvalue weighted by Crippen LogP contribution is -2.34. The number of aryl methyl sites for hydroxylation is 1. The fourth-order valence-corrected chi connectivity index (χ4v) is 5.36. The third-order valence-corrected chi connectivity index (χ3v) is 8.26. The van der Waals surface area contributed by atoms with Crippen molar-refractivity contribution in [2.24, 2.45) is 12.5 Å². The first-order valence-corrected chi connectivity index (χ1v) is 12.5. The average Bonchev–Trinajstić information content (AvgIpc) is 3.32. The number of fused-ring (bicyclic) bond motifs is 1. The van der Waals surface area contributed by atoms with Gasteiger partial charge in [0.1, 0.15) is 5.52 Å². The van der Waals surface area contributed by atoms with Gasteiger partial charge in [0.2, 0.25) is 10.0 Å². The Bertz CT molecular complexity index is 1310. The molecule has 0 unspecified atom stereocenters. The number of anilines is 2. The van der Waals surface area contributed by atoms with Crippen molar-refractivity contribution in [3.05, 3.63) is 47.0 Å². The van der Waals surface area contributed by atoms with E-state index in [2.05, 4.69) is 14.6 Å². The minimum atomic E-state index is -3.39. The minimum Gasteiger partial charge on any atom is -0.371 e. The molecule has 3 heterocycles. The third-order valence-electron chi connectivity index (χ3n) is 6.96. The summed E-state index contributed by atoms with van der Waals surface area (Å²) < 4.78 is 28.6. The van der Waals surface area contributed by atoms with Gasteiger partial charge in [-0.2, -0.15) is 0 Å². The van der Waals surface area contributed by atoms with E-state index in [9.17, 15) is 13.2 Å². The number of nitrogens with one attached hydrogen (secondary N) is 2. The summed E-state index contributed by atoms with van der Waals surface area (Å²) in [4.78, 5) is 18.0. The van der Waals surface area contributed by atoms with Crippen LogP contribution >= 0.6 is 0 Å². The Morgan fingerprint density at radius 3 is 2.52 bits per heavy atom. The van der Waals surface area contributed by atoms with Crippen molar-refractivity contribution in [1.82, 2.24) is 9.55 Å². The first kappa shape index (κ1) is 20.2. The predicted molar refractivity (Wildman–Crippen MR) is 125 cm³/mol. The number of hydrogen-bond acceptors (Lipinski definition) is 4. The van der Waals surface area contributed by atoms with Gasteiger partial charge < -0.3 is 14.5 Å². The van der Waals surface area contributed by atoms with Gasteiger partial charge >= 0.3 is 0 Å². The summed E-state index contributed by atoms with van der Waals surface area (Å²) in [5, 5.41) is 0.843. The van der Waals surface area contributed by atoms with E-state index in [0.717, 1.165) is 35.3 Å². The lowest BCUT2D eigenvalue weighted by Gasteiger charge is -2.35. The van der Waals surface area contributed by atoms with Gasteiger partial charge in [0.25, 0.3) is 5.56 Å². The molecule has 1 spiro atoms. The lowest BCUT2D eigenvalue weighted by atomic mass is 9.92. The number of piperidine rings is 1. The molecule has 0 amide bonds. The van der Waals surface area contributed by atoms with Gasteiger partial charge in [-0.1, -0.05) is 0 Å². The molecule has 1 saturated carbocycles. The molecule has 5 rings (SSSR count). The summed E-state index contributed by atoms with van der Waals surface area (Å²) >= 11 is 0. The summed E-state index contributed by atoms with van der Waals surface area (Å²) in [5.41, 5.74) is 4.51. The van der Waals surface area contributed by atoms with E-state index in [4.69, 9.17) is 0 Å². The van der Waals surface area contributed by atoms with Crippen molar-refractivity contribution >= 4 is 32.3 Å². The number of rotatable bonds is 5. The molecule has 1 aliphatic carbocycles. The Hall–Kier alpha value is -2.74. The van der Waals surface area contributed by atoms with Crippen LogP contribution in [0.5, 0.6) is 0 Å². The van der Waals surface area contributed by atoms with Gasteiger partial charge in [-0.3, -0.25) is 9.52 Å². The van der Waals surface area contributed by atoms with E-state index in [0.29, 0.717) is 16.6 Å². The third kappa shape index (κ3) is 3.63. The number of aromatic nitrogens is 2. The van der Waals surface area contributed by atoms with Gasteiger partial charge in [-0.15, -0.1) is 0 Å². The molecule has 31 heavy (non-hydrogen) atoms. The highest BCUT2D eigenvalue weighted by molar-refractivity contribution is 7.92. The van der Waals surface area contributed by atoms with Crippen molar-refractivity contribution < 1.29 is 8.42 Å². The molecule has 164 valence electrons. The Balaban J connectivity index is 1.65. The number of sulfonamides is 1. The van der Waals surface area contributed by atoms with Crippen LogP contribution < -0.4 is 15.2 Å². The molecule has 7 nitrogen and oxygen atoms in total. The maximum absolute atomic E-state index is 12.6. The highest BCUT2D eigenvalue weighted by atomic mass is 32.2. The van der Waals surface area contributed by atoms with Crippen LogP contribution in [0.25, 0.3) is 22.0 Å². The normalized spacial score (nSPS) is 17.9. The predicted octanol–water partition coefficient (Wildman–Crippen LogP) is 3.68. The zero-order valence-electron chi connectivity index (χ0n) is 17.9. The first-order chi connectivity index (χ1) is 14.8. The molecule has 1 aliphatic heterocycles. The summed E-state index contributed by atoms with van der Waals surface area (Å²) in [5.74, 6) is 0.0141. The van der Waals surface area contributed by atoms with Crippen LogP contribution in [-0.4, -0.2) is 36.8 Å². The molecule has 1 saturated heterocycles. The summed E-state index contributed by atoms with van der Waals surface area (Å²) in [6.45, 7) is 3.61. The van der Waals surface area contributed by atoms with Gasteiger partial charge in [-0.05, 0) is 62.3 Å². The Kier molecular flexibility index (Phi) is 4.66. The van der Waals surface area contributed by atoms with Crippen molar-refractivity contribution in [2.75, 3.05) is 28.5 Å². The van der Waals surface area contributed by atoms with Crippen molar-refractivity contribution in [2.45, 2.75) is 32.6 Å². The maximum Gasteiger partial charge on any atom is 0.274 e. The van der Waals surface area contributed by atoms with Crippen LogP contribution in [0.1, 0.15) is 32.6 Å². The van der Waals surface area contributed by atoms with Crippen LogP contribution in [0.4, 0.5) is 11.4 Å². The van der Waals surface area contributed by atoms with Crippen LogP contribution in [0, 0.1) is 5.41 Å². The van der Waals surface area contributed by atoms with Crippen LogP contribution in [-0.2, 0) is 17.1 Å². The van der Waals surface area contributed by atoms with E-state index in [1.165, 1.54) is 25.7 Å². The molecular formula is C23H28N4O3S. The second-order valence-electron chi connectivity index (χ2n) is 8.95.